The maximum Gasteiger partial charge on any atom is 0.276 e. The number of halogens is 1. The molecule has 2 aromatic carbocycles. The lowest BCUT2D eigenvalue weighted by molar-refractivity contribution is -0.123. The predicted molar refractivity (Wildman–Crippen MR) is 106 cm³/mol. The lowest BCUT2D eigenvalue weighted by Gasteiger charge is -2.12. The Kier molecular flexibility index (Phi) is 7.92. The fraction of sp³-hybridized carbons (Fsp3) is 0.105. The molecule has 0 saturated heterocycles. The van der Waals surface area contributed by atoms with Crippen LogP contribution in [0.1, 0.15) is 5.56 Å². The maximum absolute atomic E-state index is 12.8. The summed E-state index contributed by atoms with van der Waals surface area (Å²) in [5.41, 5.74) is 5.34. The van der Waals surface area contributed by atoms with Crippen molar-refractivity contribution < 1.29 is 23.5 Å². The van der Waals surface area contributed by atoms with Gasteiger partial charge in [-0.15, -0.1) is 0 Å². The molecular formula is C19H18FN3O4S. The number of hydrogen-bond donors (Lipinski definition) is 3. The molecule has 28 heavy (non-hydrogen) atoms. The van der Waals surface area contributed by atoms with E-state index in [1.54, 1.807) is 24.3 Å². The molecule has 2 rings (SSSR count). The van der Waals surface area contributed by atoms with E-state index in [1.807, 2.05) is 0 Å². The van der Waals surface area contributed by atoms with E-state index in [0.717, 1.165) is 0 Å². The van der Waals surface area contributed by atoms with Gasteiger partial charge in [0.15, 0.2) is 23.2 Å². The lowest BCUT2D eigenvalue weighted by atomic mass is 10.2. The molecule has 0 spiro atoms. The number of amides is 2. The second kappa shape index (κ2) is 10.6. The topological polar surface area (TPSA) is 88.7 Å². The number of carbonyl (C=O) groups excluding carboxylic acids is 2. The second-order valence-corrected chi connectivity index (χ2v) is 5.72. The van der Waals surface area contributed by atoms with Crippen LogP contribution in [0.5, 0.6) is 11.5 Å². The van der Waals surface area contributed by atoms with Crippen LogP contribution in [0.2, 0.25) is 0 Å². The monoisotopic (exact) mass is 403 g/mol. The second-order valence-electron chi connectivity index (χ2n) is 5.32. The third kappa shape index (κ3) is 7.04. The minimum Gasteiger partial charge on any atom is -0.493 e. The molecule has 0 heterocycles. The number of nitrogens with one attached hydrogen (secondary N) is 3. The van der Waals surface area contributed by atoms with Crippen molar-refractivity contribution in [2.24, 2.45) is 0 Å². The van der Waals surface area contributed by atoms with Gasteiger partial charge in [-0.2, -0.15) is 0 Å². The third-order valence-corrected chi connectivity index (χ3v) is 3.48. The van der Waals surface area contributed by atoms with Gasteiger partial charge in [0.25, 0.3) is 5.91 Å². The summed E-state index contributed by atoms with van der Waals surface area (Å²) in [5, 5.41) is 2.26. The Morgan fingerprint density at radius 3 is 2.43 bits per heavy atom. The number of carbonyl (C=O) groups is 2. The van der Waals surface area contributed by atoms with Crippen molar-refractivity contribution in [2.45, 2.75) is 0 Å². The van der Waals surface area contributed by atoms with Crippen LogP contribution in [0.15, 0.2) is 54.6 Å². The molecule has 0 aliphatic carbocycles. The Bertz CT molecular complexity index is 872. The summed E-state index contributed by atoms with van der Waals surface area (Å²) in [4.78, 5) is 23.6. The first-order valence-corrected chi connectivity index (χ1v) is 8.48. The number of rotatable bonds is 6. The van der Waals surface area contributed by atoms with Gasteiger partial charge >= 0.3 is 0 Å². The Hall–Kier alpha value is -3.46. The summed E-state index contributed by atoms with van der Waals surface area (Å²) in [6, 6.07) is 12.5. The number of thiocarbonyl (C=S) groups is 1. The number of hydrogen-bond acceptors (Lipinski definition) is 5. The van der Waals surface area contributed by atoms with Gasteiger partial charge in [0.2, 0.25) is 5.91 Å². The summed E-state index contributed by atoms with van der Waals surface area (Å²) in [6.07, 6.45) is 2.73. The minimum atomic E-state index is -0.513. The van der Waals surface area contributed by atoms with E-state index < -0.39 is 11.8 Å². The van der Waals surface area contributed by atoms with Gasteiger partial charge in [-0.3, -0.25) is 25.8 Å². The molecule has 2 aromatic rings. The Balaban J connectivity index is 1.71. The molecule has 146 valence electrons. The van der Waals surface area contributed by atoms with Crippen LogP contribution < -0.4 is 25.6 Å². The van der Waals surface area contributed by atoms with E-state index >= 15 is 0 Å². The fourth-order valence-corrected chi connectivity index (χ4v) is 2.13. The predicted octanol–water partition coefficient (Wildman–Crippen LogP) is 1.95. The Labute approximate surface area is 166 Å². The quantitative estimate of drug-likeness (QED) is 0.388. The van der Waals surface area contributed by atoms with Gasteiger partial charge in [0.1, 0.15) is 5.82 Å². The van der Waals surface area contributed by atoms with Crippen molar-refractivity contribution >= 4 is 35.2 Å². The van der Waals surface area contributed by atoms with Crippen LogP contribution in [0.3, 0.4) is 0 Å². The molecule has 3 N–H and O–H groups in total. The highest BCUT2D eigenvalue weighted by molar-refractivity contribution is 7.80. The number of ether oxygens (including phenoxy) is 2. The van der Waals surface area contributed by atoms with Crippen LogP contribution in [0.4, 0.5) is 4.39 Å². The van der Waals surface area contributed by atoms with E-state index in [2.05, 4.69) is 16.2 Å². The van der Waals surface area contributed by atoms with E-state index in [9.17, 15) is 14.0 Å². The molecule has 2 amide bonds. The van der Waals surface area contributed by atoms with Crippen molar-refractivity contribution in [2.75, 3.05) is 13.7 Å². The molecule has 7 nitrogen and oxygen atoms in total. The van der Waals surface area contributed by atoms with Gasteiger partial charge in [-0.05, 0) is 48.1 Å². The van der Waals surface area contributed by atoms with Crippen molar-refractivity contribution in [3.8, 4) is 11.5 Å². The maximum atomic E-state index is 12.8. The van der Waals surface area contributed by atoms with Crippen molar-refractivity contribution in [1.82, 2.24) is 16.2 Å². The summed E-state index contributed by atoms with van der Waals surface area (Å²) >= 11 is 4.91. The zero-order chi connectivity index (χ0) is 20.4. The highest BCUT2D eigenvalue weighted by atomic mass is 32.1. The van der Waals surface area contributed by atoms with Crippen LogP contribution in [-0.4, -0.2) is 30.6 Å². The lowest BCUT2D eigenvalue weighted by Crippen LogP contribution is -2.49. The van der Waals surface area contributed by atoms with Crippen molar-refractivity contribution in [1.29, 1.82) is 0 Å². The average Bonchev–Trinajstić information content (AvgIpc) is 2.70. The zero-order valence-corrected chi connectivity index (χ0v) is 15.7. The molecule has 0 aliphatic rings. The molecular weight excluding hydrogens is 385 g/mol. The highest BCUT2D eigenvalue weighted by Gasteiger charge is 2.07. The highest BCUT2D eigenvalue weighted by Crippen LogP contribution is 2.25. The molecule has 0 saturated carbocycles. The Morgan fingerprint density at radius 1 is 1.07 bits per heavy atom. The minimum absolute atomic E-state index is 0.0978. The summed E-state index contributed by atoms with van der Waals surface area (Å²) in [7, 11) is 1.50. The van der Waals surface area contributed by atoms with Gasteiger partial charge < -0.3 is 9.47 Å². The SMILES string of the molecule is COc1ccccc1OCC(=O)NNC(=S)NC(=O)C=Cc1ccc(F)cc1. The first-order chi connectivity index (χ1) is 13.5. The summed E-state index contributed by atoms with van der Waals surface area (Å²) < 4.78 is 23.3. The smallest absolute Gasteiger partial charge is 0.276 e. The van der Waals surface area contributed by atoms with Crippen LogP contribution >= 0.6 is 12.2 Å². The number of para-hydroxylation sites is 2. The molecule has 0 aromatic heterocycles. The molecule has 0 radical (unpaired) electrons. The molecule has 0 aliphatic heterocycles. The molecule has 0 fully saturated rings. The van der Waals surface area contributed by atoms with Crippen molar-refractivity contribution in [3.63, 3.8) is 0 Å². The Morgan fingerprint density at radius 2 is 1.75 bits per heavy atom. The standard InChI is InChI=1S/C19H18FN3O4S/c1-26-15-4-2-3-5-16(15)27-12-18(25)22-23-19(28)21-17(24)11-8-13-6-9-14(20)10-7-13/h2-11H,12H2,1H3,(H,22,25)(H2,21,23,24,28). The normalized spacial score (nSPS) is 10.2. The first kappa shape index (κ1) is 20.8. The third-order valence-electron chi connectivity index (χ3n) is 3.28. The van der Waals surface area contributed by atoms with E-state index in [-0.39, 0.29) is 17.5 Å². The van der Waals surface area contributed by atoms with Crippen LogP contribution in [-0.2, 0) is 9.59 Å². The zero-order valence-electron chi connectivity index (χ0n) is 14.9. The largest absolute Gasteiger partial charge is 0.493 e. The molecule has 0 atom stereocenters. The van der Waals surface area contributed by atoms with Gasteiger partial charge in [-0.25, -0.2) is 4.39 Å². The number of methoxy groups -OCH3 is 1. The summed E-state index contributed by atoms with van der Waals surface area (Å²) in [5.74, 6) is -0.468. The van der Waals surface area contributed by atoms with E-state index in [0.29, 0.717) is 17.1 Å². The van der Waals surface area contributed by atoms with Gasteiger partial charge in [-0.1, -0.05) is 24.3 Å². The fourth-order valence-electron chi connectivity index (χ4n) is 1.97. The van der Waals surface area contributed by atoms with Crippen molar-refractivity contribution in [3.05, 3.63) is 66.0 Å². The number of hydrazine groups is 1. The van der Waals surface area contributed by atoms with E-state index in [4.69, 9.17) is 21.7 Å². The summed E-state index contributed by atoms with van der Waals surface area (Å²) in [6.45, 7) is -0.283. The first-order valence-electron chi connectivity index (χ1n) is 8.07. The van der Waals surface area contributed by atoms with Crippen LogP contribution in [0, 0.1) is 5.82 Å². The van der Waals surface area contributed by atoms with Gasteiger partial charge in [0.05, 0.1) is 7.11 Å². The van der Waals surface area contributed by atoms with E-state index in [1.165, 1.54) is 43.5 Å². The molecule has 9 heteroatoms. The molecule has 0 bridgehead atoms. The number of benzene rings is 2. The molecule has 0 unspecified atom stereocenters. The van der Waals surface area contributed by atoms with Crippen LogP contribution in [0.25, 0.3) is 6.08 Å². The van der Waals surface area contributed by atoms with Gasteiger partial charge in [0, 0.05) is 6.08 Å². The average molecular weight is 403 g/mol.